The summed E-state index contributed by atoms with van der Waals surface area (Å²) in [6.45, 7) is 0. The van der Waals surface area contributed by atoms with Gasteiger partial charge in [-0.3, -0.25) is 10.1 Å². The quantitative estimate of drug-likeness (QED) is 0.797. The van der Waals surface area contributed by atoms with E-state index in [0.717, 1.165) is 4.90 Å². The largest absolute Gasteiger partial charge is 0.334 e. The predicted octanol–water partition coefficient (Wildman–Crippen LogP) is 0.792. The number of urea groups is 1. The molecule has 8 heteroatoms. The van der Waals surface area contributed by atoms with Gasteiger partial charge in [0.1, 0.15) is 0 Å². The summed E-state index contributed by atoms with van der Waals surface area (Å²) in [5.41, 5.74) is 0. The standard InChI is InChI=1S/C13H16N2O4S2/c16-12(8-20-11-4-2-1-3-5-11)15-13(17)14-10-6-7-21(18,19)9-10/h1-5,10H,6-9H2,(H2,14,15,16,17). The van der Waals surface area contributed by atoms with Crippen molar-refractivity contribution >= 4 is 33.5 Å². The Labute approximate surface area is 127 Å². The summed E-state index contributed by atoms with van der Waals surface area (Å²) < 4.78 is 22.5. The number of hydrogen-bond donors (Lipinski definition) is 2. The third-order valence-electron chi connectivity index (χ3n) is 2.93. The van der Waals surface area contributed by atoms with E-state index in [1.807, 2.05) is 30.3 Å². The first-order valence-corrected chi connectivity index (χ1v) is 9.24. The molecule has 1 aromatic carbocycles. The van der Waals surface area contributed by atoms with E-state index in [-0.39, 0.29) is 17.3 Å². The van der Waals surface area contributed by atoms with Crippen molar-refractivity contribution in [3.63, 3.8) is 0 Å². The number of nitrogens with one attached hydrogen (secondary N) is 2. The lowest BCUT2D eigenvalue weighted by molar-refractivity contribution is -0.117. The van der Waals surface area contributed by atoms with Crippen molar-refractivity contribution in [2.45, 2.75) is 17.4 Å². The monoisotopic (exact) mass is 328 g/mol. The molecule has 2 rings (SSSR count). The summed E-state index contributed by atoms with van der Waals surface area (Å²) in [5.74, 6) is -0.272. The second kappa shape index (κ2) is 6.95. The van der Waals surface area contributed by atoms with Crippen LogP contribution in [-0.4, -0.2) is 43.7 Å². The first-order chi connectivity index (χ1) is 9.94. The lowest BCUT2D eigenvalue weighted by Gasteiger charge is -2.11. The average Bonchev–Trinajstić information content (AvgIpc) is 2.76. The molecule has 0 saturated carbocycles. The second-order valence-corrected chi connectivity index (χ2v) is 8.00. The van der Waals surface area contributed by atoms with Crippen LogP contribution in [0.5, 0.6) is 0 Å². The van der Waals surface area contributed by atoms with Gasteiger partial charge in [0.15, 0.2) is 9.84 Å². The van der Waals surface area contributed by atoms with Gasteiger partial charge in [0, 0.05) is 10.9 Å². The van der Waals surface area contributed by atoms with Gasteiger partial charge in [0.2, 0.25) is 5.91 Å². The normalized spacial score (nSPS) is 19.9. The fourth-order valence-electron chi connectivity index (χ4n) is 1.96. The van der Waals surface area contributed by atoms with Gasteiger partial charge in [0.05, 0.1) is 17.3 Å². The zero-order valence-electron chi connectivity index (χ0n) is 11.2. The summed E-state index contributed by atoms with van der Waals surface area (Å²) in [6, 6.07) is 8.32. The van der Waals surface area contributed by atoms with Crippen molar-refractivity contribution in [2.24, 2.45) is 0 Å². The molecular formula is C13H16N2O4S2. The molecule has 3 amide bonds. The summed E-state index contributed by atoms with van der Waals surface area (Å²) in [5, 5.41) is 4.70. The third kappa shape index (κ3) is 5.39. The molecule has 114 valence electrons. The van der Waals surface area contributed by atoms with Crippen molar-refractivity contribution in [1.82, 2.24) is 10.6 Å². The molecule has 21 heavy (non-hydrogen) atoms. The van der Waals surface area contributed by atoms with Crippen LogP contribution in [0.15, 0.2) is 35.2 Å². The van der Waals surface area contributed by atoms with Crippen molar-refractivity contribution in [1.29, 1.82) is 0 Å². The van der Waals surface area contributed by atoms with Gasteiger partial charge in [-0.25, -0.2) is 13.2 Å². The number of thioether (sulfide) groups is 1. The van der Waals surface area contributed by atoms with Crippen LogP contribution in [0.4, 0.5) is 4.79 Å². The van der Waals surface area contributed by atoms with Crippen LogP contribution in [0.25, 0.3) is 0 Å². The minimum absolute atomic E-state index is 0.0621. The van der Waals surface area contributed by atoms with Crippen molar-refractivity contribution < 1.29 is 18.0 Å². The molecule has 1 unspecified atom stereocenters. The molecular weight excluding hydrogens is 312 g/mol. The van der Waals surface area contributed by atoms with E-state index >= 15 is 0 Å². The minimum atomic E-state index is -3.05. The van der Waals surface area contributed by atoms with Gasteiger partial charge < -0.3 is 5.32 Å². The van der Waals surface area contributed by atoms with Gasteiger partial charge >= 0.3 is 6.03 Å². The maximum Gasteiger partial charge on any atom is 0.321 e. The Balaban J connectivity index is 1.71. The molecule has 1 aliphatic heterocycles. The summed E-state index contributed by atoms with van der Waals surface area (Å²) in [7, 11) is -3.05. The molecule has 0 aromatic heterocycles. The number of benzene rings is 1. The highest BCUT2D eigenvalue weighted by Gasteiger charge is 2.29. The van der Waals surface area contributed by atoms with Gasteiger partial charge in [-0.15, -0.1) is 11.8 Å². The lowest BCUT2D eigenvalue weighted by Crippen LogP contribution is -2.45. The Morgan fingerprint density at radius 1 is 1.24 bits per heavy atom. The van der Waals surface area contributed by atoms with Crippen LogP contribution < -0.4 is 10.6 Å². The van der Waals surface area contributed by atoms with E-state index in [4.69, 9.17) is 0 Å². The number of amides is 3. The van der Waals surface area contributed by atoms with Gasteiger partial charge in [0.25, 0.3) is 0 Å². The molecule has 1 atom stereocenters. The number of carbonyl (C=O) groups is 2. The molecule has 1 aliphatic rings. The molecule has 0 bridgehead atoms. The summed E-state index contributed by atoms with van der Waals surface area (Å²) in [4.78, 5) is 24.1. The van der Waals surface area contributed by atoms with E-state index in [9.17, 15) is 18.0 Å². The smallest absolute Gasteiger partial charge is 0.321 e. The lowest BCUT2D eigenvalue weighted by atomic mass is 10.3. The van der Waals surface area contributed by atoms with Crippen LogP contribution in [-0.2, 0) is 14.6 Å². The number of sulfone groups is 1. The Hall–Kier alpha value is -1.54. The van der Waals surface area contributed by atoms with Gasteiger partial charge in [-0.05, 0) is 18.6 Å². The Kier molecular flexibility index (Phi) is 5.24. The molecule has 1 saturated heterocycles. The number of rotatable bonds is 4. The van der Waals surface area contributed by atoms with Crippen LogP contribution in [0, 0.1) is 0 Å². The summed E-state index contributed by atoms with van der Waals surface area (Å²) in [6.07, 6.45) is 0.392. The first-order valence-electron chi connectivity index (χ1n) is 6.43. The van der Waals surface area contributed by atoms with Crippen molar-refractivity contribution in [3.8, 4) is 0 Å². The fourth-order valence-corrected chi connectivity index (χ4v) is 4.35. The van der Waals surface area contributed by atoms with Crippen LogP contribution in [0.2, 0.25) is 0 Å². The van der Waals surface area contributed by atoms with E-state index in [1.165, 1.54) is 11.8 Å². The summed E-state index contributed by atoms with van der Waals surface area (Å²) >= 11 is 1.33. The number of imide groups is 1. The molecule has 2 N–H and O–H groups in total. The van der Waals surface area contributed by atoms with E-state index in [0.29, 0.717) is 6.42 Å². The Bertz CT molecular complexity index is 616. The molecule has 1 aromatic rings. The highest BCUT2D eigenvalue weighted by Crippen LogP contribution is 2.16. The molecule has 6 nitrogen and oxygen atoms in total. The maximum atomic E-state index is 11.6. The topological polar surface area (TPSA) is 92.3 Å². The van der Waals surface area contributed by atoms with Crippen LogP contribution in [0.3, 0.4) is 0 Å². The Morgan fingerprint density at radius 3 is 2.57 bits per heavy atom. The number of carbonyl (C=O) groups excluding carboxylic acids is 2. The highest BCUT2D eigenvalue weighted by molar-refractivity contribution is 8.00. The fraction of sp³-hybridized carbons (Fsp3) is 0.385. The predicted molar refractivity (Wildman–Crippen MR) is 80.9 cm³/mol. The zero-order valence-corrected chi connectivity index (χ0v) is 12.9. The Morgan fingerprint density at radius 2 is 1.95 bits per heavy atom. The maximum absolute atomic E-state index is 11.6. The molecule has 0 spiro atoms. The third-order valence-corrected chi connectivity index (χ3v) is 5.71. The van der Waals surface area contributed by atoms with E-state index < -0.39 is 27.8 Å². The van der Waals surface area contributed by atoms with Crippen LogP contribution >= 0.6 is 11.8 Å². The first kappa shape index (κ1) is 15.8. The van der Waals surface area contributed by atoms with Gasteiger partial charge in [-0.1, -0.05) is 18.2 Å². The van der Waals surface area contributed by atoms with Gasteiger partial charge in [-0.2, -0.15) is 0 Å². The molecule has 1 heterocycles. The van der Waals surface area contributed by atoms with Crippen molar-refractivity contribution in [3.05, 3.63) is 30.3 Å². The average molecular weight is 328 g/mol. The van der Waals surface area contributed by atoms with Crippen molar-refractivity contribution in [2.75, 3.05) is 17.3 Å². The van der Waals surface area contributed by atoms with E-state index in [1.54, 1.807) is 0 Å². The van der Waals surface area contributed by atoms with Crippen LogP contribution in [0.1, 0.15) is 6.42 Å². The minimum Gasteiger partial charge on any atom is -0.334 e. The molecule has 0 aliphatic carbocycles. The number of hydrogen-bond acceptors (Lipinski definition) is 5. The molecule has 0 radical (unpaired) electrons. The zero-order chi connectivity index (χ0) is 15.3. The highest BCUT2D eigenvalue weighted by atomic mass is 32.2. The van der Waals surface area contributed by atoms with E-state index in [2.05, 4.69) is 10.6 Å². The second-order valence-electron chi connectivity index (χ2n) is 4.72. The molecule has 1 fully saturated rings. The SMILES string of the molecule is O=C(CSc1ccccc1)NC(=O)NC1CCS(=O)(=O)C1.